The first-order valence-corrected chi connectivity index (χ1v) is 11.0. The second kappa shape index (κ2) is 8.77. The van der Waals surface area contributed by atoms with Gasteiger partial charge in [0.05, 0.1) is 12.0 Å². The number of carboxylic acid groups (broad SMARTS) is 1. The van der Waals surface area contributed by atoms with Crippen LogP contribution < -0.4 is 34.3 Å². The van der Waals surface area contributed by atoms with Crippen LogP contribution in [0.5, 0.6) is 0 Å². The molecule has 6 heteroatoms. The van der Waals surface area contributed by atoms with E-state index in [1.807, 2.05) is 17.0 Å². The Morgan fingerprint density at radius 1 is 1.07 bits per heavy atom. The molecule has 1 saturated heterocycles. The van der Waals surface area contributed by atoms with E-state index in [9.17, 15) is 9.90 Å². The van der Waals surface area contributed by atoms with E-state index >= 15 is 0 Å². The van der Waals surface area contributed by atoms with Gasteiger partial charge in [0.15, 0.2) is 0 Å². The van der Waals surface area contributed by atoms with Gasteiger partial charge in [-0.25, -0.2) is 0 Å². The minimum absolute atomic E-state index is 0. The van der Waals surface area contributed by atoms with Gasteiger partial charge in [0.25, 0.3) is 8.32 Å². The fourth-order valence-electron chi connectivity index (χ4n) is 3.72. The predicted octanol–water partition coefficient (Wildman–Crippen LogP) is -2.00. The molecule has 0 bridgehead atoms. The number of nitrogens with zero attached hydrogens (tertiary/aromatic N) is 1. The zero-order valence-electron chi connectivity index (χ0n) is 16.6. The molecule has 0 N–H and O–H groups in total. The van der Waals surface area contributed by atoms with Crippen molar-refractivity contribution in [1.82, 2.24) is 4.90 Å². The Morgan fingerprint density at radius 2 is 1.56 bits per heavy atom. The molecule has 4 nitrogen and oxygen atoms in total. The second-order valence-electron chi connectivity index (χ2n) is 7.84. The molecule has 1 heterocycles. The van der Waals surface area contributed by atoms with Crippen molar-refractivity contribution >= 4 is 24.7 Å². The van der Waals surface area contributed by atoms with Gasteiger partial charge in [-0.1, -0.05) is 81.4 Å². The van der Waals surface area contributed by atoms with Gasteiger partial charge < -0.3 is 14.3 Å². The van der Waals surface area contributed by atoms with Gasteiger partial charge in [0.1, 0.15) is 0 Å². The van der Waals surface area contributed by atoms with E-state index in [-0.39, 0.29) is 23.9 Å². The number of benzene rings is 2. The van der Waals surface area contributed by atoms with E-state index in [0.717, 1.165) is 0 Å². The zero-order valence-corrected chi connectivity index (χ0v) is 17.6. The van der Waals surface area contributed by atoms with E-state index in [0.29, 0.717) is 19.7 Å². The van der Waals surface area contributed by atoms with Crippen LogP contribution in [0.25, 0.3) is 0 Å². The number of hydrogen-bond donors (Lipinski definition) is 0. The van der Waals surface area contributed by atoms with Crippen molar-refractivity contribution in [3.05, 3.63) is 60.7 Å². The molecule has 0 aliphatic carbocycles. The van der Waals surface area contributed by atoms with Crippen LogP contribution in [0.15, 0.2) is 60.7 Å². The molecule has 1 aliphatic rings. The number of carbonyl (C=O) groups is 1. The molecule has 3 rings (SSSR count). The molecule has 0 saturated carbocycles. The molecule has 2 atom stereocenters. The fraction of sp³-hybridized carbons (Fsp3) is 0.381. The van der Waals surface area contributed by atoms with Crippen LogP contribution in [0.1, 0.15) is 20.8 Å². The van der Waals surface area contributed by atoms with Gasteiger partial charge in [-0.2, -0.15) is 0 Å². The van der Waals surface area contributed by atoms with E-state index < -0.39 is 20.3 Å². The van der Waals surface area contributed by atoms with Crippen molar-refractivity contribution in [3.63, 3.8) is 0 Å². The molecule has 2 aromatic carbocycles. The molecular formula is C21H26LiNO3Si. The van der Waals surface area contributed by atoms with E-state index in [4.69, 9.17) is 4.43 Å². The largest absolute Gasteiger partial charge is 1.00 e. The molecular weight excluding hydrogens is 349 g/mol. The number of aliphatic carboxylic acids is 1. The molecule has 0 amide bonds. The maximum atomic E-state index is 10.9. The summed E-state index contributed by atoms with van der Waals surface area (Å²) in [5.41, 5.74) is 0. The Kier molecular flexibility index (Phi) is 7.12. The number of rotatable bonds is 7. The van der Waals surface area contributed by atoms with Crippen LogP contribution >= 0.6 is 0 Å². The Morgan fingerprint density at radius 3 is 1.93 bits per heavy atom. The minimum atomic E-state index is -2.53. The van der Waals surface area contributed by atoms with E-state index in [1.54, 1.807) is 0 Å². The first-order valence-electron chi connectivity index (χ1n) is 9.06. The summed E-state index contributed by atoms with van der Waals surface area (Å²) in [5.74, 6) is -0.990. The van der Waals surface area contributed by atoms with Crippen molar-refractivity contribution in [2.24, 2.45) is 0 Å². The van der Waals surface area contributed by atoms with Crippen molar-refractivity contribution < 1.29 is 33.2 Å². The molecule has 2 unspecified atom stereocenters. The van der Waals surface area contributed by atoms with Gasteiger partial charge >= 0.3 is 18.9 Å². The average Bonchev–Trinajstić information content (AvgIpc) is 3.39. The van der Waals surface area contributed by atoms with Crippen LogP contribution in [0.3, 0.4) is 0 Å². The summed E-state index contributed by atoms with van der Waals surface area (Å²) >= 11 is 0. The third kappa shape index (κ3) is 4.56. The van der Waals surface area contributed by atoms with Gasteiger partial charge in [0, 0.05) is 19.7 Å². The SMILES string of the molecule is CC(C)(C)[Si](OCCN1CC1C(=O)[O-])(c1ccccc1)c1ccccc1.[Li+]. The molecule has 2 aromatic rings. The van der Waals surface area contributed by atoms with Gasteiger partial charge in [-0.3, -0.25) is 4.90 Å². The quantitative estimate of drug-likeness (QED) is 0.415. The predicted molar refractivity (Wildman–Crippen MR) is 104 cm³/mol. The van der Waals surface area contributed by atoms with Crippen molar-refractivity contribution in [1.29, 1.82) is 0 Å². The standard InChI is InChI=1S/C21H27NO3Si.Li/c1-21(2,3)26(17-10-6-4-7-11-17,18-12-8-5-9-13-18)25-15-14-22-16-19(22)20(23)24;/h4-13,19H,14-16H2,1-3H3,(H,23,24);/q;+1/p-1. The average molecular weight is 375 g/mol. The van der Waals surface area contributed by atoms with Gasteiger partial charge in [-0.05, 0) is 15.4 Å². The third-order valence-electron chi connectivity index (χ3n) is 5.10. The Hall–Kier alpha value is -1.36. The van der Waals surface area contributed by atoms with Crippen LogP contribution in [-0.4, -0.2) is 44.9 Å². The first kappa shape index (κ1) is 21.9. The maximum absolute atomic E-state index is 10.9. The van der Waals surface area contributed by atoms with Crippen molar-refractivity contribution in [2.75, 3.05) is 19.7 Å². The fourth-order valence-corrected chi connectivity index (χ4v) is 8.28. The minimum Gasteiger partial charge on any atom is -0.548 e. The van der Waals surface area contributed by atoms with Crippen molar-refractivity contribution in [3.8, 4) is 0 Å². The summed E-state index contributed by atoms with van der Waals surface area (Å²) in [6, 6.07) is 20.5. The first-order chi connectivity index (χ1) is 12.4. The summed E-state index contributed by atoms with van der Waals surface area (Å²) in [4.78, 5) is 12.8. The zero-order chi connectivity index (χ0) is 18.8. The normalized spacial score (nSPS) is 19.2. The van der Waals surface area contributed by atoms with Crippen LogP contribution in [0, 0.1) is 0 Å². The van der Waals surface area contributed by atoms with E-state index in [1.165, 1.54) is 10.4 Å². The molecule has 1 fully saturated rings. The smallest absolute Gasteiger partial charge is 0.548 e. The molecule has 138 valence electrons. The molecule has 1 aliphatic heterocycles. The number of hydrogen-bond acceptors (Lipinski definition) is 4. The Bertz CT molecular complexity index is 710. The second-order valence-corrected chi connectivity index (χ2v) is 12.1. The summed E-state index contributed by atoms with van der Waals surface area (Å²) in [6.07, 6.45) is 0. The molecule has 0 spiro atoms. The monoisotopic (exact) mass is 375 g/mol. The Labute approximate surface area is 174 Å². The topological polar surface area (TPSA) is 52.4 Å². The van der Waals surface area contributed by atoms with Gasteiger partial charge in [0.2, 0.25) is 0 Å². The van der Waals surface area contributed by atoms with Crippen molar-refractivity contribution in [2.45, 2.75) is 31.9 Å². The maximum Gasteiger partial charge on any atom is 1.00 e. The van der Waals surface area contributed by atoms with E-state index in [2.05, 4.69) is 69.3 Å². The summed E-state index contributed by atoms with van der Waals surface area (Å²) in [5, 5.41) is 13.4. The molecule has 0 aromatic heterocycles. The summed E-state index contributed by atoms with van der Waals surface area (Å²) in [6.45, 7) is 8.40. The van der Waals surface area contributed by atoms with Crippen LogP contribution in [0.4, 0.5) is 0 Å². The summed E-state index contributed by atoms with van der Waals surface area (Å²) < 4.78 is 6.73. The molecule has 0 radical (unpaired) electrons. The molecule has 27 heavy (non-hydrogen) atoms. The van der Waals surface area contributed by atoms with Crippen LogP contribution in [0.2, 0.25) is 5.04 Å². The number of carbonyl (C=O) groups excluding carboxylic acids is 1. The van der Waals surface area contributed by atoms with Gasteiger partial charge in [-0.15, -0.1) is 0 Å². The Balaban J connectivity index is 0.00000261. The third-order valence-corrected chi connectivity index (χ3v) is 10.1. The number of carboxylic acids is 1. The summed E-state index contributed by atoms with van der Waals surface area (Å²) in [7, 11) is -2.53. The van der Waals surface area contributed by atoms with Crippen LogP contribution in [-0.2, 0) is 9.22 Å².